The molecule has 6 atom stereocenters. The fourth-order valence-electron chi connectivity index (χ4n) is 7.28. The fraction of sp³-hybridized carbons (Fsp3) is 0.857. The molecule has 2 heteroatoms. The molecule has 0 aromatic rings. The van der Waals surface area contributed by atoms with Gasteiger partial charge in [0.25, 0.3) is 0 Å². The maximum atomic E-state index is 11.1. The van der Waals surface area contributed by atoms with Crippen molar-refractivity contribution in [2.24, 2.45) is 34.5 Å². The van der Waals surface area contributed by atoms with E-state index in [4.69, 9.17) is 5.11 Å². The number of carboxylic acid groups (broad SMARTS) is 1. The van der Waals surface area contributed by atoms with E-state index in [9.17, 15) is 4.79 Å². The molecule has 3 fully saturated rings. The molecule has 4 aliphatic rings. The highest BCUT2D eigenvalue weighted by molar-refractivity contribution is 5.70. The third-order valence-corrected chi connectivity index (χ3v) is 8.56. The van der Waals surface area contributed by atoms with Crippen LogP contribution >= 0.6 is 0 Å². The highest BCUT2D eigenvalue weighted by Crippen LogP contribution is 2.66. The fourth-order valence-corrected chi connectivity index (χ4v) is 7.28. The van der Waals surface area contributed by atoms with Gasteiger partial charge in [0.05, 0.1) is 6.42 Å². The number of allylic oxidation sites excluding steroid dienone is 1. The first kappa shape index (κ1) is 15.7. The number of carboxylic acids is 1. The van der Waals surface area contributed by atoms with Gasteiger partial charge in [0.15, 0.2) is 0 Å². The van der Waals surface area contributed by atoms with E-state index in [0.29, 0.717) is 10.8 Å². The maximum absolute atomic E-state index is 11.1. The Balaban J connectivity index is 1.58. The lowest BCUT2D eigenvalue weighted by atomic mass is 9.45. The van der Waals surface area contributed by atoms with Gasteiger partial charge in [-0.05, 0) is 85.9 Å². The Bertz CT molecular complexity index is 536. The molecule has 0 aromatic heterocycles. The van der Waals surface area contributed by atoms with Crippen LogP contribution in [0.1, 0.15) is 78.1 Å². The third kappa shape index (κ3) is 2.39. The van der Waals surface area contributed by atoms with E-state index >= 15 is 0 Å². The molecule has 4 aliphatic carbocycles. The SMILES string of the molecule is C[C@@]12CCCC1C1CC[C@H]3CC(CC(=O)O)=CC[C@]3(C)C1CC2. The number of hydrogen-bond acceptors (Lipinski definition) is 1. The summed E-state index contributed by atoms with van der Waals surface area (Å²) in [4.78, 5) is 11.1. The highest BCUT2D eigenvalue weighted by atomic mass is 16.4. The van der Waals surface area contributed by atoms with Crippen LogP contribution in [0.3, 0.4) is 0 Å². The first-order valence-corrected chi connectivity index (χ1v) is 9.82. The molecule has 0 spiro atoms. The summed E-state index contributed by atoms with van der Waals surface area (Å²) < 4.78 is 0. The average Bonchev–Trinajstić information content (AvgIpc) is 2.89. The second kappa shape index (κ2) is 5.36. The van der Waals surface area contributed by atoms with Crippen LogP contribution in [0.5, 0.6) is 0 Å². The van der Waals surface area contributed by atoms with Gasteiger partial charge >= 0.3 is 5.97 Å². The lowest BCUT2D eigenvalue weighted by molar-refractivity contribution is -0.136. The van der Waals surface area contributed by atoms with Crippen molar-refractivity contribution in [2.75, 3.05) is 0 Å². The Hall–Kier alpha value is -0.790. The second-order valence-electron chi connectivity index (χ2n) is 9.58. The molecule has 0 amide bonds. The van der Waals surface area contributed by atoms with Gasteiger partial charge in [0, 0.05) is 0 Å². The highest BCUT2D eigenvalue weighted by Gasteiger charge is 2.57. The summed E-state index contributed by atoms with van der Waals surface area (Å²) in [5, 5.41) is 9.10. The third-order valence-electron chi connectivity index (χ3n) is 8.56. The second-order valence-corrected chi connectivity index (χ2v) is 9.58. The predicted molar refractivity (Wildman–Crippen MR) is 92.1 cm³/mol. The van der Waals surface area contributed by atoms with Crippen LogP contribution in [0.4, 0.5) is 0 Å². The first-order chi connectivity index (χ1) is 10.9. The molecule has 0 aliphatic heterocycles. The van der Waals surface area contributed by atoms with Crippen LogP contribution in [0.2, 0.25) is 0 Å². The largest absolute Gasteiger partial charge is 0.481 e. The lowest BCUT2D eigenvalue weighted by Crippen LogP contribution is -2.51. The molecule has 0 aromatic carbocycles. The van der Waals surface area contributed by atoms with Crippen molar-refractivity contribution in [3.63, 3.8) is 0 Å². The first-order valence-electron chi connectivity index (χ1n) is 9.82. The van der Waals surface area contributed by atoms with E-state index in [1.165, 1.54) is 50.5 Å². The van der Waals surface area contributed by atoms with Crippen molar-refractivity contribution in [3.05, 3.63) is 11.6 Å². The van der Waals surface area contributed by atoms with Crippen LogP contribution < -0.4 is 0 Å². The zero-order chi connectivity index (χ0) is 16.2. The zero-order valence-corrected chi connectivity index (χ0v) is 14.8. The molecule has 3 saturated carbocycles. The molecule has 3 unspecified atom stereocenters. The van der Waals surface area contributed by atoms with Crippen molar-refractivity contribution in [2.45, 2.75) is 78.1 Å². The molecule has 1 N–H and O–H groups in total. The van der Waals surface area contributed by atoms with E-state index in [0.717, 1.165) is 36.5 Å². The Morgan fingerprint density at radius 3 is 2.78 bits per heavy atom. The Kier molecular flexibility index (Phi) is 3.66. The van der Waals surface area contributed by atoms with Crippen LogP contribution in [0.25, 0.3) is 0 Å². The zero-order valence-electron chi connectivity index (χ0n) is 14.8. The smallest absolute Gasteiger partial charge is 0.307 e. The summed E-state index contributed by atoms with van der Waals surface area (Å²) in [6.07, 6.45) is 14.7. The van der Waals surface area contributed by atoms with Crippen LogP contribution in [0.15, 0.2) is 11.6 Å². The monoisotopic (exact) mass is 316 g/mol. The van der Waals surface area contributed by atoms with Gasteiger partial charge in [-0.2, -0.15) is 0 Å². The normalized spacial score (nSPS) is 48.9. The van der Waals surface area contributed by atoms with Crippen LogP contribution in [-0.4, -0.2) is 11.1 Å². The van der Waals surface area contributed by atoms with Gasteiger partial charge in [-0.1, -0.05) is 31.9 Å². The number of fused-ring (bicyclic) bond motifs is 5. The number of rotatable bonds is 2. The minimum absolute atomic E-state index is 0.265. The Morgan fingerprint density at radius 1 is 1.17 bits per heavy atom. The van der Waals surface area contributed by atoms with Crippen LogP contribution in [-0.2, 0) is 4.79 Å². The summed E-state index contributed by atoms with van der Waals surface area (Å²) in [6, 6.07) is 0. The van der Waals surface area contributed by atoms with Gasteiger partial charge in [0.1, 0.15) is 0 Å². The van der Waals surface area contributed by atoms with E-state index in [2.05, 4.69) is 19.9 Å². The lowest BCUT2D eigenvalue weighted by Gasteiger charge is -2.59. The minimum atomic E-state index is -0.659. The van der Waals surface area contributed by atoms with E-state index in [-0.39, 0.29) is 6.42 Å². The van der Waals surface area contributed by atoms with E-state index in [1.54, 1.807) is 0 Å². The quantitative estimate of drug-likeness (QED) is 0.690. The topological polar surface area (TPSA) is 37.3 Å². The van der Waals surface area contributed by atoms with Gasteiger partial charge in [-0.3, -0.25) is 4.79 Å². The average molecular weight is 316 g/mol. The summed E-state index contributed by atoms with van der Waals surface area (Å²) in [5.41, 5.74) is 2.28. The number of carbonyl (C=O) groups is 1. The van der Waals surface area contributed by atoms with Gasteiger partial charge in [-0.15, -0.1) is 0 Å². The van der Waals surface area contributed by atoms with Crippen LogP contribution in [0, 0.1) is 34.5 Å². The summed E-state index contributed by atoms with van der Waals surface area (Å²) in [7, 11) is 0. The van der Waals surface area contributed by atoms with Gasteiger partial charge in [-0.25, -0.2) is 0 Å². The Labute approximate surface area is 140 Å². The summed E-state index contributed by atoms with van der Waals surface area (Å²) >= 11 is 0. The van der Waals surface area contributed by atoms with Crippen molar-refractivity contribution >= 4 is 5.97 Å². The molecule has 2 nitrogen and oxygen atoms in total. The minimum Gasteiger partial charge on any atom is -0.481 e. The van der Waals surface area contributed by atoms with Crippen molar-refractivity contribution in [1.82, 2.24) is 0 Å². The standard InChI is InChI=1S/C21H32O2/c1-20-9-3-4-17(20)16-6-5-15-12-14(13-19(22)23)7-11-21(15,2)18(16)8-10-20/h7,15-18H,3-6,8-13H2,1-2H3,(H,22,23)/t15-,16?,17?,18?,20-,21-/m0/s1. The van der Waals surface area contributed by atoms with Crippen molar-refractivity contribution in [1.29, 1.82) is 0 Å². The summed E-state index contributed by atoms with van der Waals surface area (Å²) in [5.74, 6) is 2.89. The number of aliphatic carboxylic acids is 1. The molecular weight excluding hydrogens is 284 g/mol. The Morgan fingerprint density at radius 2 is 2.00 bits per heavy atom. The molecule has 128 valence electrons. The predicted octanol–water partition coefficient (Wildman–Crippen LogP) is 5.43. The molecule has 0 radical (unpaired) electrons. The van der Waals surface area contributed by atoms with E-state index < -0.39 is 5.97 Å². The maximum Gasteiger partial charge on any atom is 0.307 e. The van der Waals surface area contributed by atoms with Crippen molar-refractivity contribution in [3.8, 4) is 0 Å². The van der Waals surface area contributed by atoms with Gasteiger partial charge in [0.2, 0.25) is 0 Å². The molecule has 23 heavy (non-hydrogen) atoms. The molecule has 0 bridgehead atoms. The molecule has 4 rings (SSSR count). The number of hydrogen-bond donors (Lipinski definition) is 1. The van der Waals surface area contributed by atoms with Crippen molar-refractivity contribution < 1.29 is 9.90 Å². The van der Waals surface area contributed by atoms with Gasteiger partial charge < -0.3 is 5.11 Å². The molecular formula is C21H32O2. The summed E-state index contributed by atoms with van der Waals surface area (Å²) in [6.45, 7) is 5.11. The van der Waals surface area contributed by atoms with E-state index in [1.807, 2.05) is 0 Å². The molecule has 0 heterocycles. The molecule has 0 saturated heterocycles.